The van der Waals surface area contributed by atoms with E-state index in [1.807, 2.05) is 6.07 Å². The maximum absolute atomic E-state index is 11.4. The number of nitrogens with one attached hydrogen (secondary N) is 3. The monoisotopic (exact) mass is 458 g/mol. The number of hydrogen-bond acceptors (Lipinski definition) is 7. The molecule has 3 aromatic heterocycles. The fraction of sp³-hybridized carbons (Fsp3) is 0.211. The Bertz CT molecular complexity index is 1470. The molecule has 4 aromatic rings. The maximum atomic E-state index is 11.4. The van der Waals surface area contributed by atoms with E-state index in [-0.39, 0.29) is 17.6 Å². The Morgan fingerprint density at radius 2 is 2.10 bits per heavy atom. The van der Waals surface area contributed by atoms with Gasteiger partial charge in [-0.15, -0.1) is 0 Å². The zero-order valence-corrected chi connectivity index (χ0v) is 17.4. The molecule has 3 heterocycles. The summed E-state index contributed by atoms with van der Waals surface area (Å²) in [6.45, 7) is 0.426. The van der Waals surface area contributed by atoms with Crippen LogP contribution in [0.1, 0.15) is 24.1 Å². The molecule has 1 aliphatic carbocycles. The van der Waals surface area contributed by atoms with E-state index in [0.29, 0.717) is 39.0 Å². The molecule has 1 aliphatic rings. The number of aromatic amines is 2. The first-order valence-corrected chi connectivity index (χ1v) is 10.2. The largest absolute Gasteiger partial charge is 0.493 e. The van der Waals surface area contributed by atoms with Gasteiger partial charge >= 0.3 is 5.69 Å². The molecule has 0 spiro atoms. The third kappa shape index (κ3) is 4.12. The number of benzene rings is 1. The van der Waals surface area contributed by atoms with E-state index in [0.717, 1.165) is 18.4 Å². The Morgan fingerprint density at radius 1 is 1.26 bits per heavy atom. The second kappa shape index (κ2) is 7.71. The molecule has 10 nitrogen and oxygen atoms in total. The van der Waals surface area contributed by atoms with Crippen molar-refractivity contribution in [3.05, 3.63) is 67.0 Å². The standard InChI is InChI=1S/C19H16Cl2N8O2/c20-12-4-1-9(5-13(12)21)7-22-17-26-15-10(6-14-16(30)27-19(31)25-14)8-23-29(15)18(28-17)24-11-2-3-11/h1,4-6,8,11,30H,2-3,7H2,(H,22,24,28)(H2,25,27,31)/b10-6-. The van der Waals surface area contributed by atoms with Crippen LogP contribution in [-0.4, -0.2) is 40.7 Å². The summed E-state index contributed by atoms with van der Waals surface area (Å²) in [5.41, 5.74) is 1.53. The summed E-state index contributed by atoms with van der Waals surface area (Å²) in [4.78, 5) is 29.9. The molecule has 31 heavy (non-hydrogen) atoms. The lowest BCUT2D eigenvalue weighted by Gasteiger charge is -2.06. The molecule has 0 bridgehead atoms. The molecule has 0 unspecified atom stereocenters. The van der Waals surface area contributed by atoms with Crippen molar-refractivity contribution in [3.63, 3.8) is 0 Å². The highest BCUT2D eigenvalue weighted by molar-refractivity contribution is 6.42. The minimum absolute atomic E-state index is 0.225. The van der Waals surface area contributed by atoms with Crippen LogP contribution in [-0.2, 0) is 6.54 Å². The molecule has 158 valence electrons. The van der Waals surface area contributed by atoms with Crippen LogP contribution >= 0.6 is 23.2 Å². The molecule has 12 heteroatoms. The minimum atomic E-state index is -0.511. The molecule has 0 saturated heterocycles. The van der Waals surface area contributed by atoms with Gasteiger partial charge in [0.1, 0.15) is 5.69 Å². The zero-order valence-electron chi connectivity index (χ0n) is 15.9. The molecule has 0 radical (unpaired) electrons. The highest BCUT2D eigenvalue weighted by atomic mass is 35.5. The van der Waals surface area contributed by atoms with Crippen LogP contribution in [0.2, 0.25) is 10.0 Å². The third-order valence-corrected chi connectivity index (χ3v) is 5.43. The van der Waals surface area contributed by atoms with Crippen molar-refractivity contribution in [3.8, 4) is 5.88 Å². The Balaban J connectivity index is 1.57. The number of hydrogen-bond donors (Lipinski definition) is 4. The van der Waals surface area contributed by atoms with Crippen molar-refractivity contribution in [2.24, 2.45) is 4.99 Å². The van der Waals surface area contributed by atoms with E-state index >= 15 is 0 Å². The van der Waals surface area contributed by atoms with Crippen molar-refractivity contribution in [2.45, 2.75) is 25.4 Å². The zero-order chi connectivity index (χ0) is 21.5. The lowest BCUT2D eigenvalue weighted by molar-refractivity contribution is 0.454. The van der Waals surface area contributed by atoms with Gasteiger partial charge in [-0.05, 0) is 36.6 Å². The number of nitrogens with zero attached hydrogens (tertiary/aromatic N) is 5. The van der Waals surface area contributed by atoms with E-state index in [4.69, 9.17) is 23.2 Å². The van der Waals surface area contributed by atoms with E-state index in [9.17, 15) is 9.90 Å². The number of fused-ring (bicyclic) bond motifs is 1. The molecule has 4 N–H and O–H groups in total. The number of anilines is 1. The maximum Gasteiger partial charge on any atom is 0.326 e. The van der Waals surface area contributed by atoms with Gasteiger partial charge in [-0.1, -0.05) is 29.3 Å². The summed E-state index contributed by atoms with van der Waals surface area (Å²) >= 11 is 12.1. The van der Waals surface area contributed by atoms with Crippen molar-refractivity contribution < 1.29 is 5.11 Å². The first-order chi connectivity index (χ1) is 15.0. The van der Waals surface area contributed by atoms with Gasteiger partial charge in [0.25, 0.3) is 5.62 Å². The van der Waals surface area contributed by atoms with Crippen molar-refractivity contribution >= 4 is 40.9 Å². The van der Waals surface area contributed by atoms with Crippen molar-refractivity contribution in [1.29, 1.82) is 0 Å². The van der Waals surface area contributed by atoms with Crippen LogP contribution < -0.4 is 21.8 Å². The van der Waals surface area contributed by atoms with Crippen LogP contribution in [0.3, 0.4) is 0 Å². The Morgan fingerprint density at radius 3 is 2.81 bits per heavy atom. The van der Waals surface area contributed by atoms with Gasteiger partial charge in [0, 0.05) is 11.8 Å². The quantitative estimate of drug-likeness (QED) is 0.356. The molecular weight excluding hydrogens is 443 g/mol. The van der Waals surface area contributed by atoms with Gasteiger partial charge in [-0.25, -0.2) is 9.79 Å². The summed E-state index contributed by atoms with van der Waals surface area (Å²) in [6, 6.07) is 5.59. The number of rotatable bonds is 5. The topological polar surface area (TPSA) is 136 Å². The van der Waals surface area contributed by atoms with Gasteiger partial charge in [0.05, 0.1) is 22.3 Å². The van der Waals surface area contributed by atoms with Gasteiger partial charge < -0.3 is 15.4 Å². The first kappa shape index (κ1) is 19.6. The fourth-order valence-electron chi connectivity index (χ4n) is 2.99. The number of aromatic nitrogens is 6. The second-order valence-corrected chi connectivity index (χ2v) is 7.94. The third-order valence-electron chi connectivity index (χ3n) is 4.69. The summed E-state index contributed by atoms with van der Waals surface area (Å²) < 4.78 is 1.54. The van der Waals surface area contributed by atoms with Crippen LogP contribution in [0.4, 0.5) is 5.95 Å². The molecule has 1 saturated carbocycles. The van der Waals surface area contributed by atoms with Crippen LogP contribution in [0.5, 0.6) is 5.88 Å². The Hall–Kier alpha value is -3.37. The van der Waals surface area contributed by atoms with E-state index < -0.39 is 5.69 Å². The van der Waals surface area contributed by atoms with Gasteiger partial charge in [-0.3, -0.25) is 4.98 Å². The molecule has 0 atom stereocenters. The highest BCUT2D eigenvalue weighted by Crippen LogP contribution is 2.23. The molecule has 0 aliphatic heterocycles. The average Bonchev–Trinajstić information content (AvgIpc) is 3.37. The van der Waals surface area contributed by atoms with Crippen LogP contribution in [0, 0.1) is 0 Å². The van der Waals surface area contributed by atoms with Crippen LogP contribution in [0.25, 0.3) is 11.7 Å². The molecule has 5 rings (SSSR count). The smallest absolute Gasteiger partial charge is 0.326 e. The molecule has 0 amide bonds. The predicted octanol–water partition coefficient (Wildman–Crippen LogP) is 1.38. The van der Waals surface area contributed by atoms with Gasteiger partial charge in [0.15, 0.2) is 5.65 Å². The van der Waals surface area contributed by atoms with E-state index in [2.05, 4.69) is 35.3 Å². The normalized spacial score (nSPS) is 15.2. The Kier molecular flexibility index (Phi) is 4.87. The summed E-state index contributed by atoms with van der Waals surface area (Å²) in [5.74, 6) is 0.0965. The van der Waals surface area contributed by atoms with Crippen LogP contribution in [0.15, 0.2) is 34.2 Å². The number of H-pyrrole nitrogens is 2. The number of imidazole rings is 1. The molecular formula is C19H16Cl2N8O2. The number of halogens is 2. The SMILES string of the molecule is O=c1[nH]c(O)c(/C=c2/cnn3c(=NC4CC4)nc(NCc4ccc(Cl)c(Cl)c4)nc23)[nH]1. The molecule has 1 fully saturated rings. The lowest BCUT2D eigenvalue weighted by Crippen LogP contribution is -2.24. The second-order valence-electron chi connectivity index (χ2n) is 7.13. The fourth-order valence-corrected chi connectivity index (χ4v) is 3.31. The summed E-state index contributed by atoms with van der Waals surface area (Å²) in [7, 11) is 0. The Labute approximate surface area is 184 Å². The highest BCUT2D eigenvalue weighted by Gasteiger charge is 2.21. The average molecular weight is 459 g/mol. The summed E-state index contributed by atoms with van der Waals surface area (Å²) in [6.07, 6.45) is 5.17. The summed E-state index contributed by atoms with van der Waals surface area (Å²) in [5, 5.41) is 18.9. The van der Waals surface area contributed by atoms with Gasteiger partial charge in [0.2, 0.25) is 11.8 Å². The number of aromatic hydroxyl groups is 1. The lowest BCUT2D eigenvalue weighted by atomic mass is 10.2. The van der Waals surface area contributed by atoms with Gasteiger partial charge in [-0.2, -0.15) is 19.6 Å². The minimum Gasteiger partial charge on any atom is -0.493 e. The predicted molar refractivity (Wildman–Crippen MR) is 115 cm³/mol. The first-order valence-electron chi connectivity index (χ1n) is 9.47. The van der Waals surface area contributed by atoms with E-state index in [1.54, 1.807) is 24.4 Å². The van der Waals surface area contributed by atoms with Crippen molar-refractivity contribution in [1.82, 2.24) is 29.5 Å². The molecule has 1 aromatic carbocycles. The van der Waals surface area contributed by atoms with E-state index in [1.165, 1.54) is 4.52 Å². The van der Waals surface area contributed by atoms with Crippen molar-refractivity contribution in [2.75, 3.05) is 5.32 Å².